The molecule has 0 fully saturated rings. The first-order chi connectivity index (χ1) is 13.3. The number of hydrogen-bond donors (Lipinski definition) is 1. The van der Waals surface area contributed by atoms with Gasteiger partial charge in [0.1, 0.15) is 0 Å². The second kappa shape index (κ2) is 8.43. The number of carbonyl (C=O) groups excluding carboxylic acids is 2. The summed E-state index contributed by atoms with van der Waals surface area (Å²) in [4.78, 5) is 23.8. The molecule has 0 radical (unpaired) electrons. The van der Waals surface area contributed by atoms with Gasteiger partial charge >= 0.3 is 29.6 Å². The molecule has 1 aromatic heterocycles. The Balaban J connectivity index is 0.00000240. The van der Waals surface area contributed by atoms with E-state index >= 15 is 0 Å². The van der Waals surface area contributed by atoms with Crippen LogP contribution in [0, 0.1) is 0 Å². The largest absolute Gasteiger partial charge is 1.00 e. The minimum absolute atomic E-state index is 0. The van der Waals surface area contributed by atoms with Crippen LogP contribution in [0.2, 0.25) is 5.02 Å². The van der Waals surface area contributed by atoms with Gasteiger partial charge in [-0.3, -0.25) is 9.59 Å². The molecule has 0 bridgehead atoms. The van der Waals surface area contributed by atoms with Crippen LogP contribution < -0.4 is 34.9 Å². The maximum Gasteiger partial charge on any atom is 1.00 e. The van der Waals surface area contributed by atoms with Crippen molar-refractivity contribution in [2.24, 2.45) is 0 Å². The van der Waals surface area contributed by atoms with Crippen LogP contribution in [0.25, 0.3) is 4.72 Å². The number of amides is 2. The SMILES string of the molecule is CC(=O)c1ccn(S(=O)(=O)[N-]C(=O)Nc2c3c(c(Cl)c4c2CCC4)CCC3)c1.[Na+]. The molecule has 10 heteroatoms. The first-order valence-corrected chi connectivity index (χ1v) is 10.9. The van der Waals surface area contributed by atoms with Gasteiger partial charge in [-0.25, -0.2) is 12.4 Å². The van der Waals surface area contributed by atoms with Crippen molar-refractivity contribution < 1.29 is 47.6 Å². The second-order valence-electron chi connectivity index (χ2n) is 7.10. The van der Waals surface area contributed by atoms with E-state index in [1.807, 2.05) is 0 Å². The summed E-state index contributed by atoms with van der Waals surface area (Å²) in [5.41, 5.74) is 4.99. The van der Waals surface area contributed by atoms with Crippen LogP contribution in [0.4, 0.5) is 10.5 Å². The van der Waals surface area contributed by atoms with Crippen molar-refractivity contribution in [3.63, 3.8) is 0 Å². The molecule has 0 aliphatic heterocycles. The Hall–Kier alpha value is -1.32. The van der Waals surface area contributed by atoms with Gasteiger partial charge in [0.05, 0.1) is 0 Å². The minimum Gasteiger partial charge on any atom is -0.423 e. The Morgan fingerprint density at radius 3 is 2.14 bits per heavy atom. The van der Waals surface area contributed by atoms with E-state index in [2.05, 4.69) is 10.0 Å². The normalized spacial score (nSPS) is 14.7. The van der Waals surface area contributed by atoms with Crippen LogP contribution in [-0.4, -0.2) is 24.2 Å². The van der Waals surface area contributed by atoms with Crippen LogP contribution in [0.5, 0.6) is 0 Å². The molecule has 0 spiro atoms. The molecule has 148 valence electrons. The molecule has 7 nitrogen and oxygen atoms in total. The molecule has 1 N–H and O–H groups in total. The first-order valence-electron chi connectivity index (χ1n) is 9.11. The van der Waals surface area contributed by atoms with Crippen molar-refractivity contribution in [3.8, 4) is 0 Å². The molecule has 1 aromatic carbocycles. The van der Waals surface area contributed by atoms with Gasteiger partial charge in [0.15, 0.2) is 11.8 Å². The number of nitrogens with zero attached hydrogens (tertiary/aromatic N) is 2. The van der Waals surface area contributed by atoms with E-state index in [-0.39, 0.29) is 40.9 Å². The third kappa shape index (κ3) is 4.14. The smallest absolute Gasteiger partial charge is 0.423 e. The van der Waals surface area contributed by atoms with Crippen molar-refractivity contribution in [1.29, 1.82) is 0 Å². The summed E-state index contributed by atoms with van der Waals surface area (Å²) in [5, 5.41) is 3.50. The molecule has 2 aliphatic rings. The number of ketones is 1. The molecule has 0 saturated heterocycles. The predicted molar refractivity (Wildman–Crippen MR) is 107 cm³/mol. The minimum atomic E-state index is -4.28. The third-order valence-corrected chi connectivity index (χ3v) is 6.95. The van der Waals surface area contributed by atoms with E-state index in [0.717, 1.165) is 76.0 Å². The zero-order valence-electron chi connectivity index (χ0n) is 16.3. The van der Waals surface area contributed by atoms with E-state index in [4.69, 9.17) is 11.6 Å². The molecule has 4 rings (SSSR count). The molecular weight excluding hydrogens is 425 g/mol. The number of halogens is 1. The number of rotatable bonds is 4. The molecule has 1 heterocycles. The molecule has 0 unspecified atom stereocenters. The van der Waals surface area contributed by atoms with Gasteiger partial charge in [-0.2, -0.15) is 0 Å². The number of urea groups is 1. The number of Topliss-reactive ketones (excluding diaryl/α,β-unsaturated/α-hetero) is 1. The Morgan fingerprint density at radius 1 is 1.07 bits per heavy atom. The third-order valence-electron chi connectivity index (χ3n) is 5.34. The van der Waals surface area contributed by atoms with Crippen molar-refractivity contribution in [2.75, 3.05) is 5.32 Å². The Labute approximate surface area is 196 Å². The predicted octanol–water partition coefficient (Wildman–Crippen LogP) is 1.02. The number of benzene rings is 1. The quantitative estimate of drug-likeness (QED) is 0.563. The van der Waals surface area contributed by atoms with Crippen LogP contribution in [0.15, 0.2) is 18.5 Å². The fourth-order valence-corrected chi connectivity index (χ4v) is 5.28. The summed E-state index contributed by atoms with van der Waals surface area (Å²) in [5.74, 6) is -0.273. The van der Waals surface area contributed by atoms with Crippen molar-refractivity contribution >= 4 is 39.3 Å². The van der Waals surface area contributed by atoms with Gasteiger partial charge in [0.2, 0.25) is 0 Å². The van der Waals surface area contributed by atoms with Gasteiger partial charge in [-0.05, 0) is 79.5 Å². The van der Waals surface area contributed by atoms with Crippen LogP contribution >= 0.6 is 11.6 Å². The maximum absolute atomic E-state index is 12.5. The summed E-state index contributed by atoms with van der Waals surface area (Å²) < 4.78 is 28.9. The fourth-order valence-electron chi connectivity index (χ4n) is 4.05. The van der Waals surface area contributed by atoms with E-state index in [1.165, 1.54) is 19.2 Å². The monoisotopic (exact) mass is 443 g/mol. The number of fused-ring (bicyclic) bond motifs is 2. The first kappa shape index (κ1) is 22.4. The molecule has 0 atom stereocenters. The topological polar surface area (TPSA) is 99.3 Å². The van der Waals surface area contributed by atoms with E-state index < -0.39 is 16.2 Å². The van der Waals surface area contributed by atoms with Crippen molar-refractivity contribution in [1.82, 2.24) is 3.97 Å². The number of hydrogen-bond acceptors (Lipinski definition) is 4. The van der Waals surface area contributed by atoms with Gasteiger partial charge in [0.25, 0.3) is 10.2 Å². The van der Waals surface area contributed by atoms with Crippen molar-refractivity contribution in [3.05, 3.63) is 56.0 Å². The van der Waals surface area contributed by atoms with E-state index in [9.17, 15) is 18.0 Å². The van der Waals surface area contributed by atoms with Crippen LogP contribution in [0.1, 0.15) is 52.4 Å². The molecule has 0 saturated carbocycles. The fraction of sp³-hybridized carbons (Fsp3) is 0.368. The van der Waals surface area contributed by atoms with Gasteiger partial charge in [0, 0.05) is 23.0 Å². The summed E-state index contributed by atoms with van der Waals surface area (Å²) in [6.07, 6.45) is 7.55. The Morgan fingerprint density at radius 2 is 1.62 bits per heavy atom. The second-order valence-corrected chi connectivity index (χ2v) is 8.97. The van der Waals surface area contributed by atoms with Gasteiger partial charge < -0.3 is 10.0 Å². The average molecular weight is 444 g/mol. The molecule has 2 aromatic rings. The maximum atomic E-state index is 12.5. The zero-order chi connectivity index (χ0) is 20.1. The summed E-state index contributed by atoms with van der Waals surface area (Å²) in [7, 11) is -4.28. The zero-order valence-corrected chi connectivity index (χ0v) is 19.9. The number of carbonyl (C=O) groups is 2. The van der Waals surface area contributed by atoms with Crippen LogP contribution in [0.3, 0.4) is 0 Å². The Kier molecular flexibility index (Phi) is 6.50. The van der Waals surface area contributed by atoms with Crippen molar-refractivity contribution in [2.45, 2.75) is 45.4 Å². The standard InChI is InChI=1S/C19H20ClN3O4S.Na/c1-11(24)12-8-9-23(10-12)28(26,27)22-19(25)21-18-15-6-2-4-13(15)17(20)14-5-3-7-16(14)18;/h8-10H,2-7H2,1H3,(H2,21,22,25);/q;+1/p-1. The number of nitrogens with one attached hydrogen (secondary N) is 1. The average Bonchev–Trinajstić information content (AvgIpc) is 3.38. The number of aromatic nitrogens is 1. The molecule has 2 amide bonds. The van der Waals surface area contributed by atoms with E-state index in [1.54, 1.807) is 0 Å². The molecule has 2 aliphatic carbocycles. The summed E-state index contributed by atoms with van der Waals surface area (Å²) in [6.45, 7) is 1.33. The Bertz CT molecular complexity index is 1080. The molecular formula is C19H19ClN3NaO4S. The van der Waals surface area contributed by atoms with Crippen LogP contribution in [-0.2, 0) is 35.9 Å². The molecule has 29 heavy (non-hydrogen) atoms. The summed E-state index contributed by atoms with van der Waals surface area (Å²) in [6, 6.07) is 0.412. The van der Waals surface area contributed by atoms with Gasteiger partial charge in [-0.1, -0.05) is 11.6 Å². The summed E-state index contributed by atoms with van der Waals surface area (Å²) >= 11 is 6.56. The van der Waals surface area contributed by atoms with E-state index in [0.29, 0.717) is 5.69 Å². The van der Waals surface area contributed by atoms with Gasteiger partial charge in [-0.15, -0.1) is 0 Å². The number of anilines is 1.